The second kappa shape index (κ2) is 6.50. The third-order valence-electron chi connectivity index (χ3n) is 3.16. The molecule has 0 aliphatic rings. The molecule has 1 atom stereocenters. The molecule has 2 rings (SSSR count). The molecule has 0 fully saturated rings. The maximum atomic E-state index is 4.15. The molecule has 0 spiro atoms. The molecule has 2 aromatic rings. The van der Waals surface area contributed by atoms with Crippen molar-refractivity contribution in [1.29, 1.82) is 0 Å². The lowest BCUT2D eigenvalue weighted by Gasteiger charge is -2.16. The lowest BCUT2D eigenvalue weighted by atomic mass is 10.0. The third kappa shape index (κ3) is 3.78. The average molecular weight is 293 g/mol. The first-order valence-electron chi connectivity index (χ1n) is 6.27. The summed E-state index contributed by atoms with van der Waals surface area (Å²) < 4.78 is 1.04. The van der Waals surface area contributed by atoms with Gasteiger partial charge in [-0.25, -0.2) is 0 Å². The van der Waals surface area contributed by atoms with E-state index in [-0.39, 0.29) is 0 Å². The monoisotopic (exact) mass is 293 g/mol. The summed E-state index contributed by atoms with van der Waals surface area (Å²) in [4.78, 5) is 0. The molecule has 0 radical (unpaired) electrons. The summed E-state index contributed by atoms with van der Waals surface area (Å²) in [6, 6.07) is 7.00. The van der Waals surface area contributed by atoms with Gasteiger partial charge in [0.2, 0.25) is 0 Å². The van der Waals surface area contributed by atoms with Gasteiger partial charge in [0.1, 0.15) is 5.01 Å². The Labute approximate surface area is 122 Å². The van der Waals surface area contributed by atoms with Crippen LogP contribution in [0.15, 0.2) is 22.5 Å². The number of nitrogens with one attached hydrogen (secondary N) is 1. The quantitative estimate of drug-likeness (QED) is 0.856. The Morgan fingerprint density at radius 2 is 2.00 bits per heavy atom. The van der Waals surface area contributed by atoms with Gasteiger partial charge in [-0.2, -0.15) is 0 Å². The van der Waals surface area contributed by atoms with E-state index in [4.69, 9.17) is 0 Å². The largest absolute Gasteiger partial charge is 0.312 e. The first-order chi connectivity index (χ1) is 9.10. The van der Waals surface area contributed by atoms with Crippen LogP contribution in [0.1, 0.15) is 27.7 Å². The average Bonchev–Trinajstić information content (AvgIpc) is 2.80. The van der Waals surface area contributed by atoms with Crippen LogP contribution in [-0.2, 0) is 0 Å². The van der Waals surface area contributed by atoms with Gasteiger partial charge in [-0.15, -0.1) is 10.2 Å². The SMILES string of the molecule is CNC(CSc1nnc(C)s1)c1ccc(C)c(C)c1. The first kappa shape index (κ1) is 14.5. The highest BCUT2D eigenvalue weighted by atomic mass is 32.2. The van der Waals surface area contributed by atoms with E-state index in [9.17, 15) is 0 Å². The van der Waals surface area contributed by atoms with Crippen molar-refractivity contribution in [3.05, 3.63) is 39.9 Å². The molecule has 1 aromatic heterocycles. The number of hydrogen-bond acceptors (Lipinski definition) is 5. The molecule has 1 N–H and O–H groups in total. The zero-order valence-electron chi connectivity index (χ0n) is 11.7. The summed E-state index contributed by atoms with van der Waals surface area (Å²) in [5.74, 6) is 0.966. The van der Waals surface area contributed by atoms with Gasteiger partial charge < -0.3 is 5.32 Å². The zero-order valence-corrected chi connectivity index (χ0v) is 13.4. The molecule has 19 heavy (non-hydrogen) atoms. The van der Waals surface area contributed by atoms with Crippen molar-refractivity contribution in [2.24, 2.45) is 0 Å². The van der Waals surface area contributed by atoms with E-state index in [1.807, 2.05) is 14.0 Å². The molecular weight excluding hydrogens is 274 g/mol. The topological polar surface area (TPSA) is 37.8 Å². The minimum absolute atomic E-state index is 0.341. The second-order valence-corrected chi connectivity index (χ2v) is 7.03. The number of benzene rings is 1. The molecule has 1 heterocycles. The fourth-order valence-corrected chi connectivity index (χ4v) is 3.80. The van der Waals surface area contributed by atoms with E-state index in [1.165, 1.54) is 16.7 Å². The van der Waals surface area contributed by atoms with E-state index < -0.39 is 0 Å². The van der Waals surface area contributed by atoms with Crippen LogP contribution >= 0.6 is 23.1 Å². The Morgan fingerprint density at radius 3 is 2.58 bits per heavy atom. The number of hydrogen-bond donors (Lipinski definition) is 1. The molecule has 0 aliphatic heterocycles. The molecule has 0 saturated carbocycles. The van der Waals surface area contributed by atoms with Crippen LogP contribution in [0.3, 0.4) is 0 Å². The van der Waals surface area contributed by atoms with Gasteiger partial charge in [-0.05, 0) is 44.5 Å². The molecule has 5 heteroatoms. The molecule has 0 bridgehead atoms. The van der Waals surface area contributed by atoms with Crippen molar-refractivity contribution in [1.82, 2.24) is 15.5 Å². The predicted octanol–water partition coefficient (Wildman–Crippen LogP) is 3.52. The van der Waals surface area contributed by atoms with Gasteiger partial charge in [0.15, 0.2) is 4.34 Å². The van der Waals surface area contributed by atoms with Crippen molar-refractivity contribution in [2.75, 3.05) is 12.8 Å². The number of aryl methyl sites for hydroxylation is 3. The summed E-state index contributed by atoms with van der Waals surface area (Å²) in [7, 11) is 2.01. The Hall–Kier alpha value is -0.910. The van der Waals surface area contributed by atoms with E-state index >= 15 is 0 Å². The van der Waals surface area contributed by atoms with Crippen LogP contribution < -0.4 is 5.32 Å². The first-order valence-corrected chi connectivity index (χ1v) is 8.07. The Bertz CT molecular complexity index is 551. The predicted molar refractivity (Wildman–Crippen MR) is 83.1 cm³/mol. The summed E-state index contributed by atoms with van der Waals surface area (Å²) >= 11 is 3.42. The van der Waals surface area contributed by atoms with Gasteiger partial charge in [0, 0.05) is 11.8 Å². The fraction of sp³-hybridized carbons (Fsp3) is 0.429. The normalized spacial score (nSPS) is 12.6. The van der Waals surface area contributed by atoms with Crippen molar-refractivity contribution < 1.29 is 0 Å². The third-order valence-corrected chi connectivity index (χ3v) is 5.23. The fourth-order valence-electron chi connectivity index (χ4n) is 1.82. The lowest BCUT2D eigenvalue weighted by Crippen LogP contribution is -2.18. The molecular formula is C14H19N3S2. The second-order valence-electron chi connectivity index (χ2n) is 4.58. The van der Waals surface area contributed by atoms with E-state index in [0.29, 0.717) is 6.04 Å². The Morgan fingerprint density at radius 1 is 1.21 bits per heavy atom. The van der Waals surface area contributed by atoms with Crippen LogP contribution in [-0.4, -0.2) is 23.0 Å². The van der Waals surface area contributed by atoms with Crippen LogP contribution in [0, 0.1) is 20.8 Å². The van der Waals surface area contributed by atoms with Gasteiger partial charge in [-0.3, -0.25) is 0 Å². The molecule has 1 aromatic carbocycles. The molecule has 102 valence electrons. The minimum Gasteiger partial charge on any atom is -0.312 e. The number of thioether (sulfide) groups is 1. The standard InChI is InChI=1S/C14H19N3S2/c1-9-5-6-12(7-10(9)2)13(15-4)8-18-14-17-16-11(3)19-14/h5-7,13,15H,8H2,1-4H3. The van der Waals surface area contributed by atoms with Crippen molar-refractivity contribution in [2.45, 2.75) is 31.2 Å². The van der Waals surface area contributed by atoms with E-state index in [2.05, 4.69) is 47.6 Å². The molecule has 0 amide bonds. The molecule has 3 nitrogen and oxygen atoms in total. The number of aromatic nitrogens is 2. The maximum absolute atomic E-state index is 4.15. The highest BCUT2D eigenvalue weighted by molar-refractivity contribution is 8.01. The smallest absolute Gasteiger partial charge is 0.174 e. The van der Waals surface area contributed by atoms with Gasteiger partial charge in [-0.1, -0.05) is 41.3 Å². The highest BCUT2D eigenvalue weighted by Crippen LogP contribution is 2.27. The molecule has 0 saturated heterocycles. The Kier molecular flexibility index (Phi) is 4.96. The van der Waals surface area contributed by atoms with Crippen LogP contribution in [0.25, 0.3) is 0 Å². The lowest BCUT2D eigenvalue weighted by molar-refractivity contribution is 0.661. The summed E-state index contributed by atoms with van der Waals surface area (Å²) in [5.41, 5.74) is 4.01. The van der Waals surface area contributed by atoms with Gasteiger partial charge in [0.25, 0.3) is 0 Å². The van der Waals surface area contributed by atoms with Crippen LogP contribution in [0.5, 0.6) is 0 Å². The van der Waals surface area contributed by atoms with Crippen LogP contribution in [0.2, 0.25) is 0 Å². The van der Waals surface area contributed by atoms with Gasteiger partial charge >= 0.3 is 0 Å². The zero-order chi connectivity index (χ0) is 13.8. The van der Waals surface area contributed by atoms with Crippen molar-refractivity contribution in [3.8, 4) is 0 Å². The maximum Gasteiger partial charge on any atom is 0.174 e. The van der Waals surface area contributed by atoms with E-state index in [0.717, 1.165) is 15.1 Å². The molecule has 1 unspecified atom stereocenters. The highest BCUT2D eigenvalue weighted by Gasteiger charge is 2.12. The summed E-state index contributed by atoms with van der Waals surface area (Å²) in [6.07, 6.45) is 0. The summed E-state index contributed by atoms with van der Waals surface area (Å²) in [6.45, 7) is 6.29. The Balaban J connectivity index is 2.05. The molecule has 0 aliphatic carbocycles. The number of rotatable bonds is 5. The summed E-state index contributed by atoms with van der Waals surface area (Å²) in [5, 5.41) is 12.6. The van der Waals surface area contributed by atoms with Crippen molar-refractivity contribution >= 4 is 23.1 Å². The van der Waals surface area contributed by atoms with Gasteiger partial charge in [0.05, 0.1) is 0 Å². The number of nitrogens with zero attached hydrogens (tertiary/aromatic N) is 2. The van der Waals surface area contributed by atoms with Crippen LogP contribution in [0.4, 0.5) is 0 Å². The van der Waals surface area contributed by atoms with Crippen molar-refractivity contribution in [3.63, 3.8) is 0 Å². The minimum atomic E-state index is 0.341. The van der Waals surface area contributed by atoms with E-state index in [1.54, 1.807) is 23.1 Å².